The molecule has 22 heavy (non-hydrogen) atoms. The Hall–Kier alpha value is -2.09. The predicted octanol–water partition coefficient (Wildman–Crippen LogP) is 0.281. The van der Waals surface area contributed by atoms with Crippen molar-refractivity contribution in [1.82, 2.24) is 10.9 Å². The molecule has 1 aliphatic heterocycles. The minimum atomic E-state index is -3.00. The number of carbonyl (C=O) groups excluding carboxylic acids is 2. The van der Waals surface area contributed by atoms with Crippen LogP contribution in [0.25, 0.3) is 0 Å². The van der Waals surface area contributed by atoms with Crippen molar-refractivity contribution in [1.29, 1.82) is 0 Å². The fourth-order valence-corrected chi connectivity index (χ4v) is 4.15. The summed E-state index contributed by atoms with van der Waals surface area (Å²) in [7, 11) is -1.47. The lowest BCUT2D eigenvalue weighted by Crippen LogP contribution is -2.42. The van der Waals surface area contributed by atoms with Gasteiger partial charge in [0.2, 0.25) is 5.91 Å². The van der Waals surface area contributed by atoms with Crippen LogP contribution in [-0.2, 0) is 14.6 Å². The van der Waals surface area contributed by atoms with Crippen LogP contribution in [0.2, 0.25) is 0 Å². The largest absolute Gasteiger partial charge is 0.497 e. The smallest absolute Gasteiger partial charge is 0.269 e. The Morgan fingerprint density at radius 2 is 1.91 bits per heavy atom. The molecule has 0 radical (unpaired) electrons. The summed E-state index contributed by atoms with van der Waals surface area (Å²) < 4.78 is 27.6. The molecule has 1 aromatic carbocycles. The lowest BCUT2D eigenvalue weighted by atomic mass is 10.1. The van der Waals surface area contributed by atoms with E-state index in [2.05, 4.69) is 10.9 Å². The zero-order valence-electron chi connectivity index (χ0n) is 12.2. The SMILES string of the molecule is COc1ccc(C(=O)NNC(=O)C[C@@H]2CCS(=O)(=O)C2)cc1. The fourth-order valence-electron chi connectivity index (χ4n) is 2.29. The van der Waals surface area contributed by atoms with Crippen LogP contribution in [-0.4, -0.2) is 38.8 Å². The monoisotopic (exact) mass is 326 g/mol. The van der Waals surface area contributed by atoms with Gasteiger partial charge < -0.3 is 4.74 Å². The normalized spacial score (nSPS) is 19.4. The molecule has 1 aliphatic rings. The molecule has 0 bridgehead atoms. The second-order valence-corrected chi connectivity index (χ2v) is 7.43. The molecule has 2 amide bonds. The van der Waals surface area contributed by atoms with Crippen molar-refractivity contribution in [2.75, 3.05) is 18.6 Å². The molecule has 7 nitrogen and oxygen atoms in total. The Bertz CT molecular complexity index is 654. The maximum atomic E-state index is 11.8. The van der Waals surface area contributed by atoms with E-state index in [1.807, 2.05) is 0 Å². The summed E-state index contributed by atoms with van der Waals surface area (Å²) in [5, 5.41) is 0. The Labute approximate surface area is 128 Å². The highest BCUT2D eigenvalue weighted by molar-refractivity contribution is 7.91. The minimum absolute atomic E-state index is 0.0346. The minimum Gasteiger partial charge on any atom is -0.497 e. The fraction of sp³-hybridized carbons (Fsp3) is 0.429. The summed E-state index contributed by atoms with van der Waals surface area (Å²) in [6, 6.07) is 6.42. The summed E-state index contributed by atoms with van der Waals surface area (Å²) in [6.45, 7) is 0. The van der Waals surface area contributed by atoms with Gasteiger partial charge in [0.25, 0.3) is 5.91 Å². The van der Waals surface area contributed by atoms with Crippen molar-refractivity contribution < 1.29 is 22.7 Å². The molecule has 1 aromatic rings. The molecule has 1 fully saturated rings. The number of sulfone groups is 1. The molecule has 0 unspecified atom stereocenters. The van der Waals surface area contributed by atoms with Gasteiger partial charge in [0.05, 0.1) is 18.6 Å². The summed E-state index contributed by atoms with van der Waals surface area (Å²) in [6.07, 6.45) is 0.574. The zero-order chi connectivity index (χ0) is 16.2. The van der Waals surface area contributed by atoms with Crippen LogP contribution in [0.4, 0.5) is 0 Å². The van der Waals surface area contributed by atoms with Gasteiger partial charge in [0, 0.05) is 12.0 Å². The lowest BCUT2D eigenvalue weighted by molar-refractivity contribution is -0.122. The second kappa shape index (κ2) is 6.78. The Morgan fingerprint density at radius 1 is 1.23 bits per heavy atom. The van der Waals surface area contributed by atoms with Crippen LogP contribution in [0, 0.1) is 5.92 Å². The zero-order valence-corrected chi connectivity index (χ0v) is 13.0. The van der Waals surface area contributed by atoms with E-state index >= 15 is 0 Å². The third-order valence-corrected chi connectivity index (χ3v) is 5.31. The van der Waals surface area contributed by atoms with E-state index in [0.29, 0.717) is 17.7 Å². The van der Waals surface area contributed by atoms with E-state index in [-0.39, 0.29) is 23.8 Å². The van der Waals surface area contributed by atoms with E-state index in [4.69, 9.17) is 4.74 Å². The maximum absolute atomic E-state index is 11.8. The van der Waals surface area contributed by atoms with Crippen molar-refractivity contribution in [3.63, 3.8) is 0 Å². The molecule has 0 spiro atoms. The molecule has 8 heteroatoms. The molecule has 1 atom stereocenters. The van der Waals surface area contributed by atoms with Crippen LogP contribution in [0.15, 0.2) is 24.3 Å². The van der Waals surface area contributed by atoms with Gasteiger partial charge in [-0.15, -0.1) is 0 Å². The predicted molar refractivity (Wildman–Crippen MR) is 80.0 cm³/mol. The Kier molecular flexibility index (Phi) is 5.02. The number of methoxy groups -OCH3 is 1. The van der Waals surface area contributed by atoms with Crippen LogP contribution in [0.5, 0.6) is 5.75 Å². The summed E-state index contributed by atoms with van der Waals surface area (Å²) in [5.41, 5.74) is 4.98. The van der Waals surface area contributed by atoms with Gasteiger partial charge in [-0.05, 0) is 36.6 Å². The number of benzene rings is 1. The van der Waals surface area contributed by atoms with Crippen molar-refractivity contribution in [2.24, 2.45) is 5.92 Å². The van der Waals surface area contributed by atoms with Crippen LogP contribution < -0.4 is 15.6 Å². The molecule has 0 aliphatic carbocycles. The molecule has 0 aromatic heterocycles. The van der Waals surface area contributed by atoms with E-state index in [9.17, 15) is 18.0 Å². The molecule has 1 heterocycles. The van der Waals surface area contributed by atoms with Crippen molar-refractivity contribution in [2.45, 2.75) is 12.8 Å². The summed E-state index contributed by atoms with van der Waals surface area (Å²) in [5.74, 6) is -0.236. The molecular formula is C14H18N2O5S. The lowest BCUT2D eigenvalue weighted by Gasteiger charge is -2.10. The van der Waals surface area contributed by atoms with Crippen molar-refractivity contribution in [3.8, 4) is 5.75 Å². The molecule has 120 valence electrons. The summed E-state index contributed by atoms with van der Waals surface area (Å²) >= 11 is 0. The average molecular weight is 326 g/mol. The van der Waals surface area contributed by atoms with E-state index in [1.54, 1.807) is 24.3 Å². The first-order chi connectivity index (χ1) is 10.4. The number of hydrogen-bond acceptors (Lipinski definition) is 5. The molecule has 1 saturated heterocycles. The van der Waals surface area contributed by atoms with Crippen LogP contribution >= 0.6 is 0 Å². The first-order valence-corrected chi connectivity index (χ1v) is 8.65. The highest BCUT2D eigenvalue weighted by Crippen LogP contribution is 2.21. The second-order valence-electron chi connectivity index (χ2n) is 5.20. The average Bonchev–Trinajstić information content (AvgIpc) is 2.83. The van der Waals surface area contributed by atoms with E-state index < -0.39 is 21.7 Å². The molecular weight excluding hydrogens is 308 g/mol. The summed E-state index contributed by atoms with van der Waals surface area (Å²) in [4.78, 5) is 23.5. The highest BCUT2D eigenvalue weighted by Gasteiger charge is 2.29. The highest BCUT2D eigenvalue weighted by atomic mass is 32.2. The quantitative estimate of drug-likeness (QED) is 0.774. The number of hydrogen-bond donors (Lipinski definition) is 2. The Morgan fingerprint density at radius 3 is 2.45 bits per heavy atom. The van der Waals surface area contributed by atoms with Crippen LogP contribution in [0.1, 0.15) is 23.2 Å². The van der Waals surface area contributed by atoms with E-state index in [1.165, 1.54) is 7.11 Å². The van der Waals surface area contributed by atoms with Gasteiger partial charge >= 0.3 is 0 Å². The third-order valence-electron chi connectivity index (χ3n) is 3.47. The van der Waals surface area contributed by atoms with Gasteiger partial charge in [-0.1, -0.05) is 0 Å². The molecule has 2 rings (SSSR count). The topological polar surface area (TPSA) is 102 Å². The number of amides is 2. The standard InChI is InChI=1S/C14H18N2O5S/c1-21-12-4-2-11(3-5-12)14(18)16-15-13(17)8-10-6-7-22(19,20)9-10/h2-5,10H,6-9H2,1H3,(H,15,17)(H,16,18)/t10-/m0/s1. The van der Waals surface area contributed by atoms with Gasteiger partial charge in [-0.25, -0.2) is 8.42 Å². The van der Waals surface area contributed by atoms with Crippen molar-refractivity contribution >= 4 is 21.7 Å². The maximum Gasteiger partial charge on any atom is 0.269 e. The third kappa shape index (κ3) is 4.45. The van der Waals surface area contributed by atoms with Gasteiger partial charge in [0.1, 0.15) is 5.75 Å². The number of hydrazine groups is 1. The van der Waals surface area contributed by atoms with Crippen LogP contribution in [0.3, 0.4) is 0 Å². The number of ether oxygens (including phenoxy) is 1. The first-order valence-electron chi connectivity index (χ1n) is 6.83. The molecule has 0 saturated carbocycles. The first kappa shape index (κ1) is 16.3. The van der Waals surface area contributed by atoms with Gasteiger partial charge in [-0.3, -0.25) is 20.4 Å². The number of nitrogens with one attached hydrogen (secondary N) is 2. The van der Waals surface area contributed by atoms with E-state index in [0.717, 1.165) is 0 Å². The van der Waals surface area contributed by atoms with Gasteiger partial charge in [0.15, 0.2) is 9.84 Å². The van der Waals surface area contributed by atoms with Crippen molar-refractivity contribution in [3.05, 3.63) is 29.8 Å². The van der Waals surface area contributed by atoms with Gasteiger partial charge in [-0.2, -0.15) is 0 Å². The molecule has 2 N–H and O–H groups in total. The Balaban J connectivity index is 1.79. The number of rotatable bonds is 4. The number of carbonyl (C=O) groups is 2.